The smallest absolute Gasteiger partial charge is 0.325 e. The molecule has 0 saturated carbocycles. The summed E-state index contributed by atoms with van der Waals surface area (Å²) in [6.45, 7) is 2.57. The lowest BCUT2D eigenvalue weighted by Gasteiger charge is -2.23. The summed E-state index contributed by atoms with van der Waals surface area (Å²) < 4.78 is 38.8. The molecule has 4 nitrogen and oxygen atoms in total. The Labute approximate surface area is 153 Å². The number of amides is 2. The molecule has 0 aromatic heterocycles. The normalized spacial score (nSPS) is 11.2. The zero-order valence-electron chi connectivity index (χ0n) is 14.0. The molecule has 2 amide bonds. The van der Waals surface area contributed by atoms with Crippen molar-refractivity contribution in [2.24, 2.45) is 0 Å². The number of alkyl halides is 3. The van der Waals surface area contributed by atoms with Crippen molar-refractivity contribution in [3.63, 3.8) is 0 Å². The standard InChI is InChI=1S/C18H16ClF3N2O2/c1-11-3-6-14(7-4-11)23-17(26)10-24(12(2)25)16-9-13(18(20,21)22)5-8-15(16)19/h3-9H,10H2,1-2H3,(H,23,26). The van der Waals surface area contributed by atoms with Crippen LogP contribution in [0, 0.1) is 6.92 Å². The second kappa shape index (κ2) is 7.78. The first-order chi connectivity index (χ1) is 12.1. The zero-order chi connectivity index (χ0) is 19.5. The van der Waals surface area contributed by atoms with Crippen LogP contribution in [-0.4, -0.2) is 18.4 Å². The predicted octanol–water partition coefficient (Wildman–Crippen LogP) is 4.66. The number of hydrogen-bond donors (Lipinski definition) is 1. The zero-order valence-corrected chi connectivity index (χ0v) is 14.8. The van der Waals surface area contributed by atoms with E-state index in [2.05, 4.69) is 5.32 Å². The molecule has 0 heterocycles. The molecule has 0 aliphatic carbocycles. The first-order valence-electron chi connectivity index (χ1n) is 7.59. The van der Waals surface area contributed by atoms with Crippen molar-refractivity contribution < 1.29 is 22.8 Å². The van der Waals surface area contributed by atoms with Gasteiger partial charge in [0, 0.05) is 12.6 Å². The Morgan fingerprint density at radius 2 is 1.73 bits per heavy atom. The minimum absolute atomic E-state index is 0.0589. The van der Waals surface area contributed by atoms with E-state index in [1.54, 1.807) is 24.3 Å². The van der Waals surface area contributed by atoms with Crippen molar-refractivity contribution in [2.45, 2.75) is 20.0 Å². The Hall–Kier alpha value is -2.54. The summed E-state index contributed by atoms with van der Waals surface area (Å²) in [5.74, 6) is -1.16. The van der Waals surface area contributed by atoms with E-state index in [1.165, 1.54) is 0 Å². The number of anilines is 2. The van der Waals surface area contributed by atoms with E-state index in [-0.39, 0.29) is 10.7 Å². The molecule has 8 heteroatoms. The minimum atomic E-state index is -4.59. The molecule has 26 heavy (non-hydrogen) atoms. The van der Waals surface area contributed by atoms with Crippen LogP contribution in [0.15, 0.2) is 42.5 Å². The largest absolute Gasteiger partial charge is 0.416 e. The molecule has 2 aromatic carbocycles. The van der Waals surface area contributed by atoms with E-state index in [4.69, 9.17) is 11.6 Å². The van der Waals surface area contributed by atoms with E-state index in [0.717, 1.165) is 35.6 Å². The number of nitrogens with zero attached hydrogens (tertiary/aromatic N) is 1. The van der Waals surface area contributed by atoms with Crippen LogP contribution in [0.4, 0.5) is 24.5 Å². The van der Waals surface area contributed by atoms with E-state index in [9.17, 15) is 22.8 Å². The van der Waals surface area contributed by atoms with Gasteiger partial charge in [0.25, 0.3) is 0 Å². The molecule has 0 unspecified atom stereocenters. The second-order valence-corrected chi connectivity index (χ2v) is 6.09. The predicted molar refractivity (Wildman–Crippen MR) is 94.3 cm³/mol. The molecule has 2 rings (SSSR count). The molecule has 0 atom stereocenters. The SMILES string of the molecule is CC(=O)N(CC(=O)Nc1ccc(C)cc1)c1cc(C(F)(F)F)ccc1Cl. The lowest BCUT2D eigenvalue weighted by molar-refractivity contribution is -0.137. The first kappa shape index (κ1) is 19.8. The fraction of sp³-hybridized carbons (Fsp3) is 0.222. The van der Waals surface area contributed by atoms with E-state index in [0.29, 0.717) is 5.69 Å². The lowest BCUT2D eigenvalue weighted by atomic mass is 10.1. The maximum atomic E-state index is 12.9. The van der Waals surface area contributed by atoms with E-state index < -0.39 is 30.1 Å². The summed E-state index contributed by atoms with van der Waals surface area (Å²) in [4.78, 5) is 25.0. The number of carbonyl (C=O) groups is 2. The molecule has 0 spiro atoms. The number of hydrogen-bond acceptors (Lipinski definition) is 2. The van der Waals surface area contributed by atoms with Crippen molar-refractivity contribution >= 4 is 34.8 Å². The highest BCUT2D eigenvalue weighted by molar-refractivity contribution is 6.34. The fourth-order valence-electron chi connectivity index (χ4n) is 2.24. The van der Waals surface area contributed by atoms with Crippen LogP contribution in [0.5, 0.6) is 0 Å². The van der Waals surface area contributed by atoms with Crippen LogP contribution >= 0.6 is 11.6 Å². The van der Waals surface area contributed by atoms with E-state index in [1.807, 2.05) is 6.92 Å². The van der Waals surface area contributed by atoms with Crippen molar-refractivity contribution in [2.75, 3.05) is 16.8 Å². The number of nitrogens with one attached hydrogen (secondary N) is 1. The van der Waals surface area contributed by atoms with Gasteiger partial charge in [-0.3, -0.25) is 9.59 Å². The van der Waals surface area contributed by atoms with Gasteiger partial charge in [0.2, 0.25) is 11.8 Å². The Morgan fingerprint density at radius 3 is 2.27 bits per heavy atom. The Balaban J connectivity index is 2.25. The maximum absolute atomic E-state index is 12.9. The van der Waals surface area contributed by atoms with Gasteiger partial charge in [-0.05, 0) is 37.3 Å². The van der Waals surface area contributed by atoms with Gasteiger partial charge in [0.1, 0.15) is 6.54 Å². The topological polar surface area (TPSA) is 49.4 Å². The Morgan fingerprint density at radius 1 is 1.12 bits per heavy atom. The number of benzene rings is 2. The van der Waals surface area contributed by atoms with Gasteiger partial charge in [-0.2, -0.15) is 13.2 Å². The van der Waals surface area contributed by atoms with Crippen molar-refractivity contribution in [3.05, 3.63) is 58.6 Å². The van der Waals surface area contributed by atoms with Crippen LogP contribution in [0.1, 0.15) is 18.1 Å². The number of carbonyl (C=O) groups excluding carboxylic acids is 2. The van der Waals surface area contributed by atoms with Crippen molar-refractivity contribution in [3.8, 4) is 0 Å². The number of halogens is 4. The van der Waals surface area contributed by atoms with Gasteiger partial charge in [-0.25, -0.2) is 0 Å². The summed E-state index contributed by atoms with van der Waals surface area (Å²) in [6.07, 6.45) is -4.59. The van der Waals surface area contributed by atoms with Gasteiger partial charge in [0.15, 0.2) is 0 Å². The highest BCUT2D eigenvalue weighted by atomic mass is 35.5. The van der Waals surface area contributed by atoms with Gasteiger partial charge in [-0.1, -0.05) is 29.3 Å². The lowest BCUT2D eigenvalue weighted by Crippen LogP contribution is -2.37. The van der Waals surface area contributed by atoms with Gasteiger partial charge >= 0.3 is 6.18 Å². The van der Waals surface area contributed by atoms with Gasteiger partial charge in [-0.15, -0.1) is 0 Å². The summed E-state index contributed by atoms with van der Waals surface area (Å²) in [7, 11) is 0. The van der Waals surface area contributed by atoms with Crippen LogP contribution in [0.3, 0.4) is 0 Å². The highest BCUT2D eigenvalue weighted by Gasteiger charge is 2.32. The van der Waals surface area contributed by atoms with Crippen LogP contribution in [0.2, 0.25) is 5.02 Å². The molecule has 0 bridgehead atoms. The molecule has 2 aromatic rings. The average molecular weight is 385 g/mol. The third-order valence-corrected chi connectivity index (χ3v) is 3.90. The molecule has 0 aliphatic heterocycles. The van der Waals surface area contributed by atoms with Crippen molar-refractivity contribution in [1.82, 2.24) is 0 Å². The van der Waals surface area contributed by atoms with Gasteiger partial charge < -0.3 is 10.2 Å². The summed E-state index contributed by atoms with van der Waals surface area (Å²) in [5, 5.41) is 2.53. The molecule has 0 aliphatic rings. The average Bonchev–Trinajstić information content (AvgIpc) is 2.54. The molecule has 0 saturated heterocycles. The minimum Gasteiger partial charge on any atom is -0.325 e. The molecular weight excluding hydrogens is 369 g/mol. The summed E-state index contributed by atoms with van der Waals surface area (Å²) in [6, 6.07) is 9.57. The van der Waals surface area contributed by atoms with Crippen LogP contribution < -0.4 is 10.2 Å². The molecule has 0 radical (unpaired) electrons. The maximum Gasteiger partial charge on any atom is 0.416 e. The fourth-order valence-corrected chi connectivity index (χ4v) is 2.46. The molecule has 1 N–H and O–H groups in total. The summed E-state index contributed by atoms with van der Waals surface area (Å²) in [5.41, 5.74) is 0.387. The molecular formula is C18H16ClF3N2O2. The first-order valence-corrected chi connectivity index (χ1v) is 7.97. The molecule has 138 valence electrons. The Bertz CT molecular complexity index is 820. The van der Waals surface area contributed by atoms with Crippen LogP contribution in [-0.2, 0) is 15.8 Å². The third kappa shape index (κ3) is 4.98. The summed E-state index contributed by atoms with van der Waals surface area (Å²) >= 11 is 5.95. The van der Waals surface area contributed by atoms with Gasteiger partial charge in [0.05, 0.1) is 16.3 Å². The second-order valence-electron chi connectivity index (χ2n) is 5.68. The Kier molecular flexibility index (Phi) is 5.92. The third-order valence-electron chi connectivity index (χ3n) is 3.58. The monoisotopic (exact) mass is 384 g/mol. The quantitative estimate of drug-likeness (QED) is 0.833. The number of rotatable bonds is 4. The number of aryl methyl sites for hydroxylation is 1. The van der Waals surface area contributed by atoms with Crippen LogP contribution in [0.25, 0.3) is 0 Å². The highest BCUT2D eigenvalue weighted by Crippen LogP contribution is 2.35. The van der Waals surface area contributed by atoms with Crippen molar-refractivity contribution in [1.29, 1.82) is 0 Å². The van der Waals surface area contributed by atoms with E-state index >= 15 is 0 Å². The molecule has 0 fully saturated rings.